The second-order valence-electron chi connectivity index (χ2n) is 4.60. The molecule has 0 saturated carbocycles. The molecule has 0 aliphatic heterocycles. The third-order valence-electron chi connectivity index (χ3n) is 3.30. The van der Waals surface area contributed by atoms with Gasteiger partial charge in [-0.15, -0.1) is 11.3 Å². The van der Waals surface area contributed by atoms with Gasteiger partial charge in [0.05, 0.1) is 11.2 Å². The highest BCUT2D eigenvalue weighted by molar-refractivity contribution is 7.11. The first-order valence-electron chi connectivity index (χ1n) is 6.69. The Morgan fingerprint density at radius 2 is 2.39 bits per heavy atom. The lowest BCUT2D eigenvalue weighted by molar-refractivity contribution is 0.0957. The number of carbonyl (C=O) groups excluding carboxylic acids is 1. The number of nitrogens with zero attached hydrogens (tertiary/aromatic N) is 1. The molecule has 0 unspecified atom stereocenters. The zero-order chi connectivity index (χ0) is 12.8. The molecule has 0 atom stereocenters. The van der Waals surface area contributed by atoms with Crippen LogP contribution in [0.15, 0.2) is 17.2 Å². The van der Waals surface area contributed by atoms with Crippen LogP contribution in [0.3, 0.4) is 0 Å². The molecule has 0 bridgehead atoms. The largest absolute Gasteiger partial charge is 0.351 e. The van der Waals surface area contributed by atoms with Crippen LogP contribution in [0.1, 0.15) is 54.4 Å². The fourth-order valence-electron chi connectivity index (χ4n) is 2.25. The van der Waals surface area contributed by atoms with Gasteiger partial charge in [0.2, 0.25) is 0 Å². The standard InChI is InChI=1S/C14H20N2OS/c1-2-12-13(18-10-16-12)14(17)15-9-8-11-6-4-3-5-7-11/h6,10H,2-5,7-9H2,1H3,(H,15,17). The third-order valence-corrected chi connectivity index (χ3v) is 4.17. The van der Waals surface area contributed by atoms with Crippen molar-refractivity contribution in [1.82, 2.24) is 10.3 Å². The highest BCUT2D eigenvalue weighted by atomic mass is 32.1. The Kier molecular flexibility index (Phi) is 4.93. The summed E-state index contributed by atoms with van der Waals surface area (Å²) >= 11 is 1.43. The second-order valence-corrected chi connectivity index (χ2v) is 5.45. The number of allylic oxidation sites excluding steroid dienone is 1. The number of rotatable bonds is 5. The zero-order valence-electron chi connectivity index (χ0n) is 10.9. The van der Waals surface area contributed by atoms with Gasteiger partial charge < -0.3 is 5.32 Å². The molecule has 0 aromatic carbocycles. The summed E-state index contributed by atoms with van der Waals surface area (Å²) in [6, 6.07) is 0. The van der Waals surface area contributed by atoms with Crippen LogP contribution in [0, 0.1) is 0 Å². The molecule has 1 aromatic rings. The molecule has 3 nitrogen and oxygen atoms in total. The normalized spacial score (nSPS) is 15.3. The third kappa shape index (κ3) is 3.42. The van der Waals surface area contributed by atoms with E-state index >= 15 is 0 Å². The van der Waals surface area contributed by atoms with Crippen LogP contribution in [0.5, 0.6) is 0 Å². The van der Waals surface area contributed by atoms with Crippen molar-refractivity contribution in [3.05, 3.63) is 27.7 Å². The lowest BCUT2D eigenvalue weighted by Gasteiger charge is -2.12. The molecular formula is C14H20N2OS. The van der Waals surface area contributed by atoms with Crippen LogP contribution in [0.4, 0.5) is 0 Å². The van der Waals surface area contributed by atoms with Crippen LogP contribution >= 0.6 is 11.3 Å². The van der Waals surface area contributed by atoms with Crippen molar-refractivity contribution in [3.8, 4) is 0 Å². The molecule has 98 valence electrons. The van der Waals surface area contributed by atoms with Crippen LogP contribution < -0.4 is 5.32 Å². The summed E-state index contributed by atoms with van der Waals surface area (Å²) in [4.78, 5) is 16.9. The van der Waals surface area contributed by atoms with Crippen LogP contribution in [-0.2, 0) is 6.42 Å². The Hall–Kier alpha value is -1.16. The lowest BCUT2D eigenvalue weighted by Crippen LogP contribution is -2.25. The van der Waals surface area contributed by atoms with E-state index in [1.165, 1.54) is 42.6 Å². The van der Waals surface area contributed by atoms with E-state index in [1.807, 2.05) is 6.92 Å². The van der Waals surface area contributed by atoms with Gasteiger partial charge in [0.25, 0.3) is 5.91 Å². The smallest absolute Gasteiger partial charge is 0.263 e. The minimum atomic E-state index is 0.0331. The van der Waals surface area contributed by atoms with Crippen LogP contribution in [-0.4, -0.2) is 17.4 Å². The number of aryl methyl sites for hydroxylation is 1. The van der Waals surface area contributed by atoms with Crippen molar-refractivity contribution >= 4 is 17.2 Å². The molecule has 0 saturated heterocycles. The highest BCUT2D eigenvalue weighted by Crippen LogP contribution is 2.19. The van der Waals surface area contributed by atoms with Crippen molar-refractivity contribution in [2.75, 3.05) is 6.54 Å². The first-order valence-corrected chi connectivity index (χ1v) is 7.57. The molecule has 1 heterocycles. The summed E-state index contributed by atoms with van der Waals surface area (Å²) in [6.45, 7) is 2.77. The van der Waals surface area contributed by atoms with Gasteiger partial charge in [-0.3, -0.25) is 4.79 Å². The average Bonchev–Trinajstić information content (AvgIpc) is 2.88. The number of amides is 1. The summed E-state index contributed by atoms with van der Waals surface area (Å²) in [5, 5.41) is 3.00. The average molecular weight is 264 g/mol. The number of hydrogen-bond acceptors (Lipinski definition) is 3. The van der Waals surface area contributed by atoms with Crippen LogP contribution in [0.2, 0.25) is 0 Å². The summed E-state index contributed by atoms with van der Waals surface area (Å²) in [5.74, 6) is 0.0331. The Morgan fingerprint density at radius 3 is 3.11 bits per heavy atom. The first kappa shape index (κ1) is 13.3. The van der Waals surface area contributed by atoms with E-state index in [1.54, 1.807) is 5.51 Å². The lowest BCUT2D eigenvalue weighted by atomic mass is 9.97. The van der Waals surface area contributed by atoms with Crippen molar-refractivity contribution < 1.29 is 4.79 Å². The first-order chi connectivity index (χ1) is 8.81. The van der Waals surface area contributed by atoms with Crippen LogP contribution in [0.25, 0.3) is 0 Å². The van der Waals surface area contributed by atoms with E-state index in [0.29, 0.717) is 0 Å². The monoisotopic (exact) mass is 264 g/mol. The van der Waals surface area contributed by atoms with E-state index in [-0.39, 0.29) is 5.91 Å². The van der Waals surface area contributed by atoms with E-state index in [0.717, 1.165) is 30.0 Å². The summed E-state index contributed by atoms with van der Waals surface area (Å²) in [6.07, 6.45) is 9.17. The summed E-state index contributed by atoms with van der Waals surface area (Å²) in [5.41, 5.74) is 4.16. The highest BCUT2D eigenvalue weighted by Gasteiger charge is 2.13. The van der Waals surface area contributed by atoms with Gasteiger partial charge in [0, 0.05) is 6.54 Å². The molecule has 1 amide bonds. The molecule has 1 aliphatic rings. The Bertz CT molecular complexity index is 437. The number of hydrogen-bond donors (Lipinski definition) is 1. The molecule has 1 aromatic heterocycles. The fraction of sp³-hybridized carbons (Fsp3) is 0.571. The van der Waals surface area contributed by atoms with Gasteiger partial charge >= 0.3 is 0 Å². The Balaban J connectivity index is 1.80. The maximum atomic E-state index is 12.0. The van der Waals surface area contributed by atoms with Gasteiger partial charge in [0.1, 0.15) is 4.88 Å². The van der Waals surface area contributed by atoms with Crippen molar-refractivity contribution in [2.45, 2.75) is 45.4 Å². The molecule has 0 spiro atoms. The zero-order valence-corrected chi connectivity index (χ0v) is 11.7. The summed E-state index contributed by atoms with van der Waals surface area (Å²) < 4.78 is 0. The number of nitrogens with one attached hydrogen (secondary N) is 1. The maximum Gasteiger partial charge on any atom is 0.263 e. The topological polar surface area (TPSA) is 42.0 Å². The number of aromatic nitrogens is 1. The predicted octanol–water partition coefficient (Wildman–Crippen LogP) is 3.33. The van der Waals surface area contributed by atoms with E-state index < -0.39 is 0 Å². The van der Waals surface area contributed by atoms with E-state index in [2.05, 4.69) is 16.4 Å². The van der Waals surface area contributed by atoms with Crippen molar-refractivity contribution in [2.24, 2.45) is 0 Å². The molecule has 0 radical (unpaired) electrons. The van der Waals surface area contributed by atoms with Gasteiger partial charge in [-0.25, -0.2) is 4.98 Å². The molecule has 18 heavy (non-hydrogen) atoms. The number of thiazole rings is 1. The minimum Gasteiger partial charge on any atom is -0.351 e. The van der Waals surface area contributed by atoms with E-state index in [9.17, 15) is 4.79 Å². The molecule has 1 aliphatic carbocycles. The van der Waals surface area contributed by atoms with Gasteiger partial charge in [-0.05, 0) is 38.5 Å². The van der Waals surface area contributed by atoms with Gasteiger partial charge in [-0.2, -0.15) is 0 Å². The van der Waals surface area contributed by atoms with Crippen molar-refractivity contribution in [1.29, 1.82) is 0 Å². The van der Waals surface area contributed by atoms with E-state index in [4.69, 9.17) is 0 Å². The van der Waals surface area contributed by atoms with Gasteiger partial charge in [0.15, 0.2) is 0 Å². The molecular weight excluding hydrogens is 244 g/mol. The quantitative estimate of drug-likeness (QED) is 0.829. The minimum absolute atomic E-state index is 0.0331. The molecule has 1 N–H and O–H groups in total. The number of carbonyl (C=O) groups is 1. The Morgan fingerprint density at radius 1 is 1.50 bits per heavy atom. The summed E-state index contributed by atoms with van der Waals surface area (Å²) in [7, 11) is 0. The van der Waals surface area contributed by atoms with Gasteiger partial charge in [-0.1, -0.05) is 18.6 Å². The molecule has 2 rings (SSSR count). The maximum absolute atomic E-state index is 12.0. The van der Waals surface area contributed by atoms with Crippen molar-refractivity contribution in [3.63, 3.8) is 0 Å². The Labute approximate surface area is 112 Å². The molecule has 0 fully saturated rings. The second kappa shape index (κ2) is 6.69. The SMILES string of the molecule is CCc1ncsc1C(=O)NCCC1=CCCCC1. The predicted molar refractivity (Wildman–Crippen MR) is 75.0 cm³/mol. The molecule has 4 heteroatoms. The fourth-order valence-corrected chi connectivity index (χ4v) is 3.05.